The van der Waals surface area contributed by atoms with Gasteiger partial charge in [-0.15, -0.1) is 10.2 Å². The van der Waals surface area contributed by atoms with Gasteiger partial charge < -0.3 is 4.42 Å². The smallest absolute Gasteiger partial charge is 0.417 e. The van der Waals surface area contributed by atoms with Crippen molar-refractivity contribution < 1.29 is 26.0 Å². The molecular weight excluding hydrogens is 383 g/mol. The predicted octanol–water partition coefficient (Wildman–Crippen LogP) is 3.58. The van der Waals surface area contributed by atoms with Crippen molar-refractivity contribution in [2.75, 3.05) is 13.1 Å². The van der Waals surface area contributed by atoms with Crippen molar-refractivity contribution in [3.63, 3.8) is 0 Å². The summed E-state index contributed by atoms with van der Waals surface area (Å²) in [5, 5.41) is 6.52. The largest absolute Gasteiger partial charge is 0.470 e. The second-order valence-electron chi connectivity index (χ2n) is 6.85. The number of hydrogen-bond acceptors (Lipinski definition) is 5. The monoisotopic (exact) mass is 403 g/mol. The summed E-state index contributed by atoms with van der Waals surface area (Å²) in [4.78, 5) is 0.295. The fourth-order valence-electron chi connectivity index (χ4n) is 3.56. The zero-order valence-corrected chi connectivity index (χ0v) is 16.0. The van der Waals surface area contributed by atoms with E-state index in [-0.39, 0.29) is 24.9 Å². The molecule has 1 saturated heterocycles. The molecule has 3 rings (SSSR count). The molecule has 2 heterocycles. The molecule has 1 aromatic carbocycles. The van der Waals surface area contributed by atoms with E-state index in [1.54, 1.807) is 13.8 Å². The molecule has 0 unspecified atom stereocenters. The lowest BCUT2D eigenvalue weighted by molar-refractivity contribution is -0.157. The standard InChI is InChI=1S/C17H20F3N3O3S/c1-10-8-11(2)14(12(3)9-10)27(24,25)23-6-4-13(5-7-23)15-21-22-16(26-15)17(18,19)20/h8-9,13H,4-7H2,1-3H3. The molecule has 6 nitrogen and oxygen atoms in total. The van der Waals surface area contributed by atoms with Crippen LogP contribution < -0.4 is 0 Å². The molecule has 1 fully saturated rings. The maximum absolute atomic E-state index is 13.0. The summed E-state index contributed by atoms with van der Waals surface area (Å²) in [6.07, 6.45) is -4.04. The van der Waals surface area contributed by atoms with Gasteiger partial charge in [-0.2, -0.15) is 17.5 Å². The Kier molecular flexibility index (Phi) is 5.06. The predicted molar refractivity (Wildman–Crippen MR) is 90.7 cm³/mol. The minimum atomic E-state index is -4.68. The van der Waals surface area contributed by atoms with Gasteiger partial charge in [0.15, 0.2) is 0 Å². The number of aromatic nitrogens is 2. The average Bonchev–Trinajstić information content (AvgIpc) is 3.04. The highest BCUT2D eigenvalue weighted by Gasteiger charge is 2.40. The molecule has 0 amide bonds. The highest BCUT2D eigenvalue weighted by Crippen LogP contribution is 2.34. The number of hydrogen-bond donors (Lipinski definition) is 0. The van der Waals surface area contributed by atoms with E-state index in [4.69, 9.17) is 4.42 Å². The van der Waals surface area contributed by atoms with Gasteiger partial charge in [-0.1, -0.05) is 17.7 Å². The minimum Gasteiger partial charge on any atom is -0.417 e. The Morgan fingerprint density at radius 3 is 2.11 bits per heavy atom. The van der Waals surface area contributed by atoms with Crippen LogP contribution in [0.3, 0.4) is 0 Å². The van der Waals surface area contributed by atoms with Crippen LogP contribution in [0, 0.1) is 20.8 Å². The lowest BCUT2D eigenvalue weighted by Crippen LogP contribution is -2.38. The number of sulfonamides is 1. The molecule has 1 aliphatic heterocycles. The van der Waals surface area contributed by atoms with Gasteiger partial charge in [0.1, 0.15) is 0 Å². The van der Waals surface area contributed by atoms with E-state index in [2.05, 4.69) is 10.2 Å². The van der Waals surface area contributed by atoms with Crippen molar-refractivity contribution in [3.05, 3.63) is 40.6 Å². The van der Waals surface area contributed by atoms with Crippen LogP contribution in [0.2, 0.25) is 0 Å². The summed E-state index contributed by atoms with van der Waals surface area (Å²) in [5.74, 6) is -1.86. The van der Waals surface area contributed by atoms with Crippen LogP contribution in [0.4, 0.5) is 13.2 Å². The van der Waals surface area contributed by atoms with Gasteiger partial charge in [-0.25, -0.2) is 8.42 Å². The Balaban J connectivity index is 1.76. The average molecular weight is 403 g/mol. The van der Waals surface area contributed by atoms with Gasteiger partial charge in [-0.05, 0) is 44.7 Å². The number of benzene rings is 1. The van der Waals surface area contributed by atoms with Crippen LogP contribution in [-0.2, 0) is 16.2 Å². The zero-order chi connectivity index (χ0) is 20.0. The molecule has 0 atom stereocenters. The van der Waals surface area contributed by atoms with Crippen LogP contribution in [0.5, 0.6) is 0 Å². The summed E-state index contributed by atoms with van der Waals surface area (Å²) in [6.45, 7) is 5.79. The van der Waals surface area contributed by atoms with Gasteiger partial charge in [0, 0.05) is 19.0 Å². The second-order valence-corrected chi connectivity index (χ2v) is 8.72. The molecule has 148 valence electrons. The molecule has 27 heavy (non-hydrogen) atoms. The summed E-state index contributed by atoms with van der Waals surface area (Å²) in [6, 6.07) is 3.65. The third-order valence-corrected chi connectivity index (χ3v) is 6.89. The number of rotatable bonds is 3. The SMILES string of the molecule is Cc1cc(C)c(S(=O)(=O)N2CCC(c3nnc(C(F)(F)F)o3)CC2)c(C)c1. The van der Waals surface area contributed by atoms with Gasteiger partial charge in [0.05, 0.1) is 4.90 Å². The lowest BCUT2D eigenvalue weighted by atomic mass is 9.98. The molecule has 0 radical (unpaired) electrons. The first-order chi connectivity index (χ1) is 12.5. The molecule has 0 spiro atoms. The molecule has 0 bridgehead atoms. The van der Waals surface area contributed by atoms with Crippen LogP contribution in [0.15, 0.2) is 21.4 Å². The maximum atomic E-state index is 13.0. The summed E-state index contributed by atoms with van der Waals surface area (Å²) < 4.78 is 70.0. The van der Waals surface area contributed by atoms with Crippen LogP contribution >= 0.6 is 0 Å². The normalized spacial score (nSPS) is 17.4. The number of halogens is 3. The molecule has 1 aromatic heterocycles. The first-order valence-corrected chi connectivity index (χ1v) is 9.92. The molecule has 0 N–H and O–H groups in total. The topological polar surface area (TPSA) is 76.3 Å². The number of aryl methyl sites for hydroxylation is 3. The summed E-state index contributed by atoms with van der Waals surface area (Å²) in [7, 11) is -3.68. The fourth-order valence-corrected chi connectivity index (χ4v) is 5.44. The van der Waals surface area contributed by atoms with Crippen molar-refractivity contribution in [2.24, 2.45) is 0 Å². The first kappa shape index (κ1) is 19.8. The quantitative estimate of drug-likeness (QED) is 0.783. The Hall–Kier alpha value is -1.94. The van der Waals surface area contributed by atoms with Crippen LogP contribution in [-0.4, -0.2) is 36.0 Å². The number of nitrogens with zero attached hydrogens (tertiary/aromatic N) is 3. The van der Waals surface area contributed by atoms with E-state index in [0.29, 0.717) is 28.9 Å². The number of piperidine rings is 1. The molecule has 2 aromatic rings. The highest BCUT2D eigenvalue weighted by atomic mass is 32.2. The van der Waals surface area contributed by atoms with E-state index in [9.17, 15) is 21.6 Å². The fraction of sp³-hybridized carbons (Fsp3) is 0.529. The van der Waals surface area contributed by atoms with E-state index in [1.165, 1.54) is 4.31 Å². The van der Waals surface area contributed by atoms with Crippen molar-refractivity contribution in [1.29, 1.82) is 0 Å². The molecule has 0 saturated carbocycles. The Labute approximate surface area is 155 Å². The Bertz CT molecular complexity index is 923. The molecule has 1 aliphatic rings. The highest BCUT2D eigenvalue weighted by molar-refractivity contribution is 7.89. The summed E-state index contributed by atoms with van der Waals surface area (Å²) >= 11 is 0. The molecular formula is C17H20F3N3O3S. The van der Waals surface area contributed by atoms with E-state index >= 15 is 0 Å². The van der Waals surface area contributed by atoms with Crippen molar-refractivity contribution >= 4 is 10.0 Å². The second kappa shape index (κ2) is 6.90. The van der Waals surface area contributed by atoms with E-state index in [0.717, 1.165) is 5.56 Å². The van der Waals surface area contributed by atoms with Crippen molar-refractivity contribution in [3.8, 4) is 0 Å². The molecule has 10 heteroatoms. The Morgan fingerprint density at radius 1 is 1.07 bits per heavy atom. The van der Waals surface area contributed by atoms with Crippen molar-refractivity contribution in [2.45, 2.75) is 50.6 Å². The third kappa shape index (κ3) is 3.86. The van der Waals surface area contributed by atoms with Crippen LogP contribution in [0.1, 0.15) is 47.2 Å². The Morgan fingerprint density at radius 2 is 1.63 bits per heavy atom. The van der Waals surface area contributed by atoms with E-state index < -0.39 is 22.1 Å². The maximum Gasteiger partial charge on any atom is 0.470 e. The third-order valence-electron chi connectivity index (χ3n) is 4.69. The van der Waals surface area contributed by atoms with E-state index in [1.807, 2.05) is 19.1 Å². The van der Waals surface area contributed by atoms with Gasteiger partial charge >= 0.3 is 12.1 Å². The number of alkyl halides is 3. The summed E-state index contributed by atoms with van der Waals surface area (Å²) in [5.41, 5.74) is 2.35. The minimum absolute atomic E-state index is 0.0953. The van der Waals surface area contributed by atoms with Crippen LogP contribution in [0.25, 0.3) is 0 Å². The van der Waals surface area contributed by atoms with Crippen molar-refractivity contribution in [1.82, 2.24) is 14.5 Å². The zero-order valence-electron chi connectivity index (χ0n) is 15.2. The molecule has 0 aliphatic carbocycles. The van der Waals surface area contributed by atoms with Gasteiger partial charge in [-0.3, -0.25) is 0 Å². The lowest BCUT2D eigenvalue weighted by Gasteiger charge is -2.30. The van der Waals surface area contributed by atoms with Gasteiger partial charge in [0.2, 0.25) is 15.9 Å². The first-order valence-electron chi connectivity index (χ1n) is 8.48. The van der Waals surface area contributed by atoms with Gasteiger partial charge in [0.25, 0.3) is 0 Å².